The minimum Gasteiger partial charge on any atom is -0.496 e. The number of unbranched alkanes of at least 4 members (excludes halogenated alkanes) is 2. The van der Waals surface area contributed by atoms with Crippen LogP contribution in [0.2, 0.25) is 0 Å². The van der Waals surface area contributed by atoms with Crippen LogP contribution >= 0.6 is 0 Å². The Morgan fingerprint density at radius 3 is 2.71 bits per heavy atom. The summed E-state index contributed by atoms with van der Waals surface area (Å²) in [6, 6.07) is 4.57. The van der Waals surface area contributed by atoms with E-state index in [0.717, 1.165) is 23.8 Å². The van der Waals surface area contributed by atoms with E-state index in [1.807, 2.05) is 7.11 Å². The van der Waals surface area contributed by atoms with Gasteiger partial charge in [0.25, 0.3) is 0 Å². The second-order valence-electron chi connectivity index (χ2n) is 8.50. The van der Waals surface area contributed by atoms with Gasteiger partial charge >= 0.3 is 0 Å². The highest BCUT2D eigenvalue weighted by atomic mass is 16.5. The quantitative estimate of drug-likeness (QED) is 0.606. The highest BCUT2D eigenvalue weighted by Gasteiger charge is 2.47. The number of fused-ring (bicyclic) bond motifs is 3. The number of ether oxygens (including phenoxy) is 2. The zero-order chi connectivity index (χ0) is 17.3. The third-order valence-electron chi connectivity index (χ3n) is 6.20. The molecule has 2 heteroatoms. The molecule has 1 aliphatic carbocycles. The van der Waals surface area contributed by atoms with Crippen LogP contribution in [-0.4, -0.2) is 12.7 Å². The lowest BCUT2D eigenvalue weighted by Gasteiger charge is -2.49. The van der Waals surface area contributed by atoms with Gasteiger partial charge in [-0.25, -0.2) is 0 Å². The number of methoxy groups -OCH3 is 1. The van der Waals surface area contributed by atoms with Crippen molar-refractivity contribution < 1.29 is 9.47 Å². The Kier molecular flexibility index (Phi) is 5.13. The fraction of sp³-hybridized carbons (Fsp3) is 0.727. The fourth-order valence-electron chi connectivity index (χ4n) is 4.89. The minimum atomic E-state index is -0.0785. The Morgan fingerprint density at radius 2 is 2.00 bits per heavy atom. The molecule has 0 aromatic heterocycles. The van der Waals surface area contributed by atoms with E-state index in [2.05, 4.69) is 39.8 Å². The fourth-order valence-corrected chi connectivity index (χ4v) is 4.89. The summed E-state index contributed by atoms with van der Waals surface area (Å²) in [5.41, 5.74) is 2.62. The molecule has 1 saturated carbocycles. The molecule has 0 saturated heterocycles. The summed E-state index contributed by atoms with van der Waals surface area (Å²) in [5.74, 6) is 4.11. The Labute approximate surface area is 147 Å². The minimum absolute atomic E-state index is 0.0785. The molecule has 0 bridgehead atoms. The number of benzene rings is 1. The van der Waals surface area contributed by atoms with Gasteiger partial charge in [-0.05, 0) is 69.1 Å². The third-order valence-corrected chi connectivity index (χ3v) is 6.20. The van der Waals surface area contributed by atoms with Crippen molar-refractivity contribution in [3.63, 3.8) is 0 Å². The molecule has 0 radical (unpaired) electrons. The molecule has 0 amide bonds. The summed E-state index contributed by atoms with van der Waals surface area (Å²) >= 11 is 0. The van der Waals surface area contributed by atoms with E-state index < -0.39 is 0 Å². The van der Waals surface area contributed by atoms with Crippen LogP contribution in [-0.2, 0) is 6.42 Å². The zero-order valence-electron chi connectivity index (χ0n) is 16.2. The van der Waals surface area contributed by atoms with Gasteiger partial charge in [0, 0.05) is 11.5 Å². The summed E-state index contributed by atoms with van der Waals surface area (Å²) in [5, 5.41) is 0. The van der Waals surface area contributed by atoms with E-state index in [4.69, 9.17) is 9.47 Å². The van der Waals surface area contributed by atoms with Crippen molar-refractivity contribution in [2.24, 2.45) is 11.8 Å². The molecule has 0 unspecified atom stereocenters. The third kappa shape index (κ3) is 3.30. The van der Waals surface area contributed by atoms with Crippen molar-refractivity contribution in [3.8, 4) is 11.5 Å². The molecule has 2 nitrogen and oxygen atoms in total. The van der Waals surface area contributed by atoms with Gasteiger partial charge in [-0.2, -0.15) is 0 Å². The van der Waals surface area contributed by atoms with Gasteiger partial charge in [-0.3, -0.25) is 0 Å². The average Bonchev–Trinajstić information content (AvgIpc) is 2.53. The molecule has 1 fully saturated rings. The average molecular weight is 331 g/mol. The molecule has 24 heavy (non-hydrogen) atoms. The van der Waals surface area contributed by atoms with Crippen LogP contribution in [0.5, 0.6) is 11.5 Å². The molecule has 1 aliphatic heterocycles. The predicted molar refractivity (Wildman–Crippen MR) is 100 cm³/mol. The second-order valence-corrected chi connectivity index (χ2v) is 8.50. The van der Waals surface area contributed by atoms with Gasteiger partial charge in [0.15, 0.2) is 0 Å². The molecule has 1 aromatic carbocycles. The molecule has 1 aromatic rings. The van der Waals surface area contributed by atoms with Crippen molar-refractivity contribution >= 4 is 0 Å². The van der Waals surface area contributed by atoms with E-state index >= 15 is 0 Å². The molecule has 3 rings (SSSR count). The van der Waals surface area contributed by atoms with E-state index in [0.29, 0.717) is 11.8 Å². The summed E-state index contributed by atoms with van der Waals surface area (Å²) < 4.78 is 12.4. The molecule has 0 spiro atoms. The van der Waals surface area contributed by atoms with Gasteiger partial charge in [0.2, 0.25) is 0 Å². The maximum Gasteiger partial charge on any atom is 0.127 e. The van der Waals surface area contributed by atoms with Crippen molar-refractivity contribution in [1.82, 2.24) is 0 Å². The van der Waals surface area contributed by atoms with E-state index in [9.17, 15) is 0 Å². The number of hydrogen-bond acceptors (Lipinski definition) is 2. The number of rotatable bonds is 5. The van der Waals surface area contributed by atoms with Crippen LogP contribution in [0.25, 0.3) is 0 Å². The maximum atomic E-state index is 6.53. The summed E-state index contributed by atoms with van der Waals surface area (Å²) in [6.07, 6.45) is 8.74. The van der Waals surface area contributed by atoms with Gasteiger partial charge in [0.1, 0.15) is 17.1 Å². The largest absolute Gasteiger partial charge is 0.496 e. The van der Waals surface area contributed by atoms with Crippen LogP contribution in [0, 0.1) is 11.8 Å². The van der Waals surface area contributed by atoms with Crippen LogP contribution in [0.1, 0.15) is 83.3 Å². The maximum absolute atomic E-state index is 6.53. The first kappa shape index (κ1) is 17.6. The van der Waals surface area contributed by atoms with Crippen LogP contribution in [0.3, 0.4) is 0 Å². The van der Waals surface area contributed by atoms with Gasteiger partial charge < -0.3 is 9.47 Å². The summed E-state index contributed by atoms with van der Waals surface area (Å²) in [6.45, 7) is 9.20. The first-order valence-electron chi connectivity index (χ1n) is 9.86. The molecule has 2 aliphatic rings. The molecule has 134 valence electrons. The normalized spacial score (nSPS) is 27.8. The summed E-state index contributed by atoms with van der Waals surface area (Å²) in [4.78, 5) is 0. The van der Waals surface area contributed by atoms with Crippen molar-refractivity contribution in [3.05, 3.63) is 23.3 Å². The van der Waals surface area contributed by atoms with E-state index in [1.54, 1.807) is 0 Å². The lowest BCUT2D eigenvalue weighted by atomic mass is 9.64. The van der Waals surface area contributed by atoms with E-state index in [1.165, 1.54) is 49.7 Å². The first-order valence-corrected chi connectivity index (χ1v) is 9.86. The molecule has 0 N–H and O–H groups in total. The number of hydrogen-bond donors (Lipinski definition) is 0. The van der Waals surface area contributed by atoms with Crippen molar-refractivity contribution in [2.45, 2.75) is 84.2 Å². The summed E-state index contributed by atoms with van der Waals surface area (Å²) in [7, 11) is 1.81. The standard InChI is InChI=1S/C22H34O2/c1-6-7-8-9-16-13-19(23-5)21-17-12-15(2)10-11-18(17)22(3,4)24-20(21)14-16/h13-15,17-18H,6-12H2,1-5H3/t15-,17+,18+/m0/s1. The van der Waals surface area contributed by atoms with Gasteiger partial charge in [-0.1, -0.05) is 33.1 Å². The SMILES string of the molecule is CCCCCc1cc(OC)c2c(c1)OC(C)(C)[C@@H]1CC[C@H](C)C[C@@H]21. The van der Waals surface area contributed by atoms with Crippen LogP contribution in [0.4, 0.5) is 0 Å². The lowest BCUT2D eigenvalue weighted by Crippen LogP contribution is -2.46. The van der Waals surface area contributed by atoms with Crippen LogP contribution < -0.4 is 9.47 Å². The molecular weight excluding hydrogens is 296 g/mol. The second kappa shape index (κ2) is 6.98. The smallest absolute Gasteiger partial charge is 0.127 e. The Hall–Kier alpha value is -1.18. The predicted octanol–water partition coefficient (Wildman–Crippen LogP) is 6.12. The van der Waals surface area contributed by atoms with Crippen LogP contribution in [0.15, 0.2) is 12.1 Å². The zero-order valence-corrected chi connectivity index (χ0v) is 16.2. The Bertz CT molecular complexity index is 576. The lowest BCUT2D eigenvalue weighted by molar-refractivity contribution is -0.0146. The van der Waals surface area contributed by atoms with Crippen molar-refractivity contribution in [1.29, 1.82) is 0 Å². The topological polar surface area (TPSA) is 18.5 Å². The molecular formula is C22H34O2. The highest BCUT2D eigenvalue weighted by Crippen LogP contribution is 2.55. The van der Waals surface area contributed by atoms with E-state index in [-0.39, 0.29) is 5.60 Å². The van der Waals surface area contributed by atoms with Crippen molar-refractivity contribution in [2.75, 3.05) is 7.11 Å². The first-order chi connectivity index (χ1) is 11.5. The molecule has 1 heterocycles. The number of aryl methyl sites for hydroxylation is 1. The van der Waals surface area contributed by atoms with Gasteiger partial charge in [-0.15, -0.1) is 0 Å². The molecule has 3 atom stereocenters. The van der Waals surface area contributed by atoms with Gasteiger partial charge in [0.05, 0.1) is 7.11 Å². The Balaban J connectivity index is 1.98. The monoisotopic (exact) mass is 330 g/mol. The Morgan fingerprint density at radius 1 is 1.21 bits per heavy atom. The highest BCUT2D eigenvalue weighted by molar-refractivity contribution is 5.52.